The topological polar surface area (TPSA) is 51.2 Å². The normalized spacial score (nSPS) is 24.8. The van der Waals surface area contributed by atoms with Gasteiger partial charge >= 0.3 is 0 Å². The van der Waals surface area contributed by atoms with Crippen LogP contribution in [0.25, 0.3) is 12.2 Å². The van der Waals surface area contributed by atoms with E-state index >= 15 is 0 Å². The molecule has 2 aromatic rings. The maximum Gasteiger partial charge on any atom is 0.224 e. The standard InChI is InChI=1S/C26H29ClN2O2/c1-3-5-23-24(4-2)28-11-10-25(23)31-22-15-18-12-17(13-19(18)16-22)14-26(30)29-21-8-6-20(27)7-9-21/h3-11,17-19,22H,2,12-16H2,1H3,(H,29,30)/b5-3-/t17-,18-,19+,22-. The molecule has 1 amide bonds. The number of aromatic nitrogens is 1. The Bertz CT molecular complexity index is 956. The van der Waals surface area contributed by atoms with Gasteiger partial charge in [0, 0.05) is 28.9 Å². The lowest BCUT2D eigenvalue weighted by Gasteiger charge is -2.19. The lowest BCUT2D eigenvalue weighted by atomic mass is 9.98. The molecule has 0 unspecified atom stereocenters. The zero-order valence-corrected chi connectivity index (χ0v) is 18.6. The largest absolute Gasteiger partial charge is 0.490 e. The minimum atomic E-state index is 0.0878. The number of rotatable bonds is 7. The lowest BCUT2D eigenvalue weighted by Crippen LogP contribution is -2.18. The Balaban J connectivity index is 1.30. The quantitative estimate of drug-likeness (QED) is 0.530. The van der Waals surface area contributed by atoms with Crippen LogP contribution < -0.4 is 10.1 Å². The van der Waals surface area contributed by atoms with Crippen LogP contribution in [0.3, 0.4) is 0 Å². The van der Waals surface area contributed by atoms with Gasteiger partial charge in [0.1, 0.15) is 5.75 Å². The van der Waals surface area contributed by atoms with Crippen LogP contribution >= 0.6 is 11.6 Å². The summed E-state index contributed by atoms with van der Waals surface area (Å²) in [5.74, 6) is 2.71. The molecule has 5 heteroatoms. The highest BCUT2D eigenvalue weighted by atomic mass is 35.5. The van der Waals surface area contributed by atoms with Gasteiger partial charge in [-0.25, -0.2) is 0 Å². The monoisotopic (exact) mass is 436 g/mol. The SMILES string of the molecule is C=Cc1nccc(O[C@@H]2C[C@H]3C[C@@H](CC(=O)Nc4ccc(Cl)cc4)C[C@H]3C2)c1/C=C\C. The van der Waals surface area contributed by atoms with Crippen LogP contribution in [-0.4, -0.2) is 17.0 Å². The van der Waals surface area contributed by atoms with Gasteiger partial charge in [-0.15, -0.1) is 0 Å². The van der Waals surface area contributed by atoms with E-state index in [0.29, 0.717) is 29.2 Å². The number of allylic oxidation sites excluding steroid dienone is 1. The molecule has 2 saturated carbocycles. The first-order valence-electron chi connectivity index (χ1n) is 11.0. The van der Waals surface area contributed by atoms with E-state index in [1.807, 2.05) is 37.3 Å². The summed E-state index contributed by atoms with van der Waals surface area (Å²) < 4.78 is 6.41. The van der Waals surface area contributed by atoms with E-state index in [4.69, 9.17) is 16.3 Å². The van der Waals surface area contributed by atoms with E-state index in [2.05, 4.69) is 16.9 Å². The van der Waals surface area contributed by atoms with E-state index in [9.17, 15) is 4.79 Å². The molecule has 0 radical (unpaired) electrons. The van der Waals surface area contributed by atoms with Crippen molar-refractivity contribution in [3.63, 3.8) is 0 Å². The van der Waals surface area contributed by atoms with E-state index in [-0.39, 0.29) is 12.0 Å². The van der Waals surface area contributed by atoms with Gasteiger partial charge in [0.05, 0.1) is 11.8 Å². The highest BCUT2D eigenvalue weighted by molar-refractivity contribution is 6.30. The molecule has 4 nitrogen and oxygen atoms in total. The van der Waals surface area contributed by atoms with Crippen molar-refractivity contribution < 1.29 is 9.53 Å². The van der Waals surface area contributed by atoms with Gasteiger partial charge in [0.25, 0.3) is 0 Å². The van der Waals surface area contributed by atoms with Gasteiger partial charge in [-0.2, -0.15) is 0 Å². The van der Waals surface area contributed by atoms with Crippen LogP contribution in [0.4, 0.5) is 5.69 Å². The summed E-state index contributed by atoms with van der Waals surface area (Å²) in [6.07, 6.45) is 12.7. The molecule has 2 aliphatic carbocycles. The van der Waals surface area contributed by atoms with Crippen molar-refractivity contribution in [2.45, 2.75) is 45.1 Å². The number of nitrogens with zero attached hydrogens (tertiary/aromatic N) is 1. The highest BCUT2D eigenvalue weighted by Crippen LogP contribution is 2.49. The Hall–Kier alpha value is -2.59. The number of benzene rings is 1. The Morgan fingerprint density at radius 2 is 1.90 bits per heavy atom. The molecular weight excluding hydrogens is 408 g/mol. The number of carbonyl (C=O) groups excluding carboxylic acids is 1. The minimum absolute atomic E-state index is 0.0878. The van der Waals surface area contributed by atoms with E-state index in [1.54, 1.807) is 24.4 Å². The van der Waals surface area contributed by atoms with Crippen LogP contribution in [0.5, 0.6) is 5.75 Å². The number of nitrogens with one attached hydrogen (secondary N) is 1. The Morgan fingerprint density at radius 3 is 2.55 bits per heavy atom. The number of anilines is 1. The van der Waals surface area contributed by atoms with Crippen molar-refractivity contribution in [3.05, 3.63) is 65.5 Å². The number of pyridine rings is 1. The second kappa shape index (κ2) is 9.69. The van der Waals surface area contributed by atoms with Crippen LogP contribution in [0.1, 0.15) is 50.3 Å². The predicted octanol–water partition coefficient (Wildman–Crippen LogP) is 6.62. The summed E-state index contributed by atoms with van der Waals surface area (Å²) in [7, 11) is 0. The third kappa shape index (κ3) is 5.19. The Kier molecular flexibility index (Phi) is 6.77. The molecule has 0 spiro atoms. The van der Waals surface area contributed by atoms with Gasteiger partial charge in [0.2, 0.25) is 5.91 Å². The van der Waals surface area contributed by atoms with Crippen molar-refractivity contribution in [2.75, 3.05) is 5.32 Å². The molecule has 0 saturated heterocycles. The number of carbonyl (C=O) groups is 1. The predicted molar refractivity (Wildman–Crippen MR) is 127 cm³/mol. The smallest absolute Gasteiger partial charge is 0.224 e. The second-order valence-electron chi connectivity index (χ2n) is 8.64. The van der Waals surface area contributed by atoms with Gasteiger partial charge < -0.3 is 10.1 Å². The highest BCUT2D eigenvalue weighted by Gasteiger charge is 2.43. The van der Waals surface area contributed by atoms with Gasteiger partial charge in [-0.1, -0.05) is 30.3 Å². The molecule has 1 heterocycles. The number of amides is 1. The summed E-state index contributed by atoms with van der Waals surface area (Å²) in [6, 6.07) is 9.20. The van der Waals surface area contributed by atoms with E-state index < -0.39 is 0 Å². The maximum absolute atomic E-state index is 12.4. The van der Waals surface area contributed by atoms with Gasteiger partial charge in [0.15, 0.2) is 0 Å². The fourth-order valence-electron chi connectivity index (χ4n) is 5.21. The molecule has 1 aromatic carbocycles. The van der Waals surface area contributed by atoms with Crippen LogP contribution in [0.15, 0.2) is 49.2 Å². The van der Waals surface area contributed by atoms with Gasteiger partial charge in [-0.3, -0.25) is 9.78 Å². The van der Waals surface area contributed by atoms with Crippen LogP contribution in [-0.2, 0) is 4.79 Å². The summed E-state index contributed by atoms with van der Waals surface area (Å²) in [5, 5.41) is 3.66. The number of fused-ring (bicyclic) bond motifs is 1. The van der Waals surface area contributed by atoms with E-state index in [0.717, 1.165) is 48.4 Å². The van der Waals surface area contributed by atoms with Crippen molar-refractivity contribution in [1.29, 1.82) is 0 Å². The molecule has 4 atom stereocenters. The van der Waals surface area contributed by atoms with E-state index in [1.165, 1.54) is 0 Å². The number of hydrogen-bond acceptors (Lipinski definition) is 3. The molecule has 1 aromatic heterocycles. The maximum atomic E-state index is 12.4. The molecule has 2 fully saturated rings. The minimum Gasteiger partial charge on any atom is -0.490 e. The molecule has 4 rings (SSSR count). The Morgan fingerprint density at radius 1 is 1.19 bits per heavy atom. The van der Waals surface area contributed by atoms with Crippen LogP contribution in [0, 0.1) is 17.8 Å². The second-order valence-corrected chi connectivity index (χ2v) is 9.08. The zero-order valence-electron chi connectivity index (χ0n) is 17.9. The Labute approximate surface area is 189 Å². The molecule has 2 aliphatic rings. The first-order chi connectivity index (χ1) is 15.1. The molecule has 162 valence electrons. The first kappa shape index (κ1) is 21.6. The third-order valence-corrected chi connectivity index (χ3v) is 6.73. The zero-order chi connectivity index (χ0) is 21.8. The summed E-state index contributed by atoms with van der Waals surface area (Å²) in [6.45, 7) is 5.86. The molecule has 0 bridgehead atoms. The lowest BCUT2D eigenvalue weighted by molar-refractivity contribution is -0.117. The van der Waals surface area contributed by atoms with Crippen LogP contribution in [0.2, 0.25) is 5.02 Å². The molecular formula is C26H29ClN2O2. The fraction of sp³-hybridized carbons (Fsp3) is 0.385. The number of hydrogen-bond donors (Lipinski definition) is 1. The number of halogens is 1. The molecule has 31 heavy (non-hydrogen) atoms. The first-order valence-corrected chi connectivity index (χ1v) is 11.4. The number of ether oxygens (including phenoxy) is 1. The summed E-state index contributed by atoms with van der Waals surface area (Å²) >= 11 is 5.91. The average Bonchev–Trinajstić information content (AvgIpc) is 3.28. The van der Waals surface area contributed by atoms with Crippen molar-refractivity contribution in [3.8, 4) is 5.75 Å². The molecule has 1 N–H and O–H groups in total. The van der Waals surface area contributed by atoms with Crippen molar-refractivity contribution in [1.82, 2.24) is 4.98 Å². The van der Waals surface area contributed by atoms with Crippen molar-refractivity contribution in [2.24, 2.45) is 17.8 Å². The summed E-state index contributed by atoms with van der Waals surface area (Å²) in [5.41, 5.74) is 2.64. The third-order valence-electron chi connectivity index (χ3n) is 6.47. The van der Waals surface area contributed by atoms with Crippen molar-refractivity contribution >= 4 is 35.3 Å². The fourth-order valence-corrected chi connectivity index (χ4v) is 5.33. The molecule has 0 aliphatic heterocycles. The van der Waals surface area contributed by atoms with Gasteiger partial charge in [-0.05, 0) is 86.8 Å². The summed E-state index contributed by atoms with van der Waals surface area (Å²) in [4.78, 5) is 16.8. The average molecular weight is 437 g/mol.